The fourth-order valence-corrected chi connectivity index (χ4v) is 3.63. The molecule has 1 aliphatic heterocycles. The van der Waals surface area contributed by atoms with E-state index in [4.69, 9.17) is 0 Å². The third-order valence-corrected chi connectivity index (χ3v) is 5.01. The first-order valence-electron chi connectivity index (χ1n) is 8.60. The number of carbonyl (C=O) groups is 1. The van der Waals surface area contributed by atoms with Crippen LogP contribution in [0.4, 0.5) is 4.79 Å². The summed E-state index contributed by atoms with van der Waals surface area (Å²) in [6.45, 7) is 6.71. The van der Waals surface area contributed by atoms with E-state index in [1.54, 1.807) is 0 Å². The van der Waals surface area contributed by atoms with Gasteiger partial charge in [0.05, 0.1) is 0 Å². The van der Waals surface area contributed by atoms with E-state index >= 15 is 0 Å². The molecule has 2 atom stereocenters. The number of nitrogens with one attached hydrogen (secondary N) is 2. The van der Waals surface area contributed by atoms with Crippen LogP contribution in [-0.4, -0.2) is 54.9 Å². The van der Waals surface area contributed by atoms with Crippen LogP contribution in [0.3, 0.4) is 0 Å². The van der Waals surface area contributed by atoms with Gasteiger partial charge in [0.25, 0.3) is 0 Å². The SMILES string of the molecule is CCCN1CCC(CNC(=O)N[C@@H]2CCC[C@@H]2CO)CC1. The number of carbonyl (C=O) groups excluding carboxylic acids is 1. The van der Waals surface area contributed by atoms with Gasteiger partial charge in [-0.05, 0) is 57.7 Å². The Morgan fingerprint density at radius 2 is 2.00 bits per heavy atom. The number of rotatable bonds is 6. The maximum absolute atomic E-state index is 12.0. The number of piperidine rings is 1. The Bertz CT molecular complexity index is 317. The molecule has 2 fully saturated rings. The van der Waals surface area contributed by atoms with Gasteiger partial charge in [-0.3, -0.25) is 0 Å². The number of hydrogen-bond acceptors (Lipinski definition) is 3. The summed E-state index contributed by atoms with van der Waals surface area (Å²) in [6.07, 6.45) is 6.71. The number of aliphatic hydroxyl groups is 1. The molecular formula is C16H31N3O2. The van der Waals surface area contributed by atoms with E-state index in [1.165, 1.54) is 25.8 Å². The molecule has 0 radical (unpaired) electrons. The quantitative estimate of drug-likeness (QED) is 0.697. The molecule has 2 rings (SSSR count). The van der Waals surface area contributed by atoms with Crippen molar-refractivity contribution in [1.82, 2.24) is 15.5 Å². The van der Waals surface area contributed by atoms with Crippen LogP contribution in [0, 0.1) is 11.8 Å². The fourth-order valence-electron chi connectivity index (χ4n) is 3.63. The highest BCUT2D eigenvalue weighted by molar-refractivity contribution is 5.74. The van der Waals surface area contributed by atoms with Crippen LogP contribution in [0.5, 0.6) is 0 Å². The van der Waals surface area contributed by atoms with Gasteiger partial charge in [0.1, 0.15) is 0 Å². The Hall–Kier alpha value is -0.810. The summed E-state index contributed by atoms with van der Waals surface area (Å²) >= 11 is 0. The number of hydrogen-bond donors (Lipinski definition) is 3. The number of nitrogens with zero attached hydrogens (tertiary/aromatic N) is 1. The maximum atomic E-state index is 12.0. The highest BCUT2D eigenvalue weighted by atomic mass is 16.3. The molecule has 1 heterocycles. The molecule has 0 aromatic rings. The molecule has 5 heteroatoms. The summed E-state index contributed by atoms with van der Waals surface area (Å²) in [5.41, 5.74) is 0. The molecule has 0 bridgehead atoms. The third-order valence-electron chi connectivity index (χ3n) is 5.01. The van der Waals surface area contributed by atoms with Crippen LogP contribution in [0.1, 0.15) is 45.4 Å². The molecule has 0 aromatic carbocycles. The van der Waals surface area contributed by atoms with Crippen LogP contribution in [0.25, 0.3) is 0 Å². The zero-order valence-corrected chi connectivity index (χ0v) is 13.3. The Labute approximate surface area is 128 Å². The van der Waals surface area contributed by atoms with E-state index in [9.17, 15) is 9.90 Å². The van der Waals surface area contributed by atoms with Crippen LogP contribution in [-0.2, 0) is 0 Å². The smallest absolute Gasteiger partial charge is 0.315 e. The second-order valence-corrected chi connectivity index (χ2v) is 6.62. The predicted octanol–water partition coefficient (Wildman–Crippen LogP) is 1.57. The molecule has 122 valence electrons. The van der Waals surface area contributed by atoms with Gasteiger partial charge in [0.15, 0.2) is 0 Å². The summed E-state index contributed by atoms with van der Waals surface area (Å²) in [4.78, 5) is 14.5. The molecule has 0 aromatic heterocycles. The van der Waals surface area contributed by atoms with Crippen molar-refractivity contribution in [2.24, 2.45) is 11.8 Å². The van der Waals surface area contributed by atoms with Gasteiger partial charge in [-0.25, -0.2) is 4.79 Å². The molecule has 2 aliphatic rings. The lowest BCUT2D eigenvalue weighted by molar-refractivity contribution is 0.179. The molecule has 21 heavy (non-hydrogen) atoms. The normalized spacial score (nSPS) is 27.7. The summed E-state index contributed by atoms with van der Waals surface area (Å²) in [7, 11) is 0. The lowest BCUT2D eigenvalue weighted by Crippen LogP contribution is -2.46. The molecule has 0 unspecified atom stereocenters. The van der Waals surface area contributed by atoms with Gasteiger partial charge in [-0.1, -0.05) is 13.3 Å². The van der Waals surface area contributed by atoms with Crippen molar-refractivity contribution < 1.29 is 9.90 Å². The van der Waals surface area contributed by atoms with E-state index in [-0.39, 0.29) is 24.6 Å². The first kappa shape index (κ1) is 16.6. The zero-order chi connectivity index (χ0) is 15.1. The average molecular weight is 297 g/mol. The predicted molar refractivity (Wildman–Crippen MR) is 84.2 cm³/mol. The minimum absolute atomic E-state index is 0.0589. The van der Waals surface area contributed by atoms with E-state index in [1.807, 2.05) is 0 Å². The highest BCUT2D eigenvalue weighted by Crippen LogP contribution is 2.24. The fraction of sp³-hybridized carbons (Fsp3) is 0.938. The topological polar surface area (TPSA) is 64.6 Å². The minimum atomic E-state index is -0.0589. The van der Waals surface area contributed by atoms with Crippen molar-refractivity contribution in [3.05, 3.63) is 0 Å². The molecule has 1 saturated carbocycles. The first-order valence-corrected chi connectivity index (χ1v) is 8.60. The van der Waals surface area contributed by atoms with Crippen molar-refractivity contribution >= 4 is 6.03 Å². The average Bonchev–Trinajstić information content (AvgIpc) is 2.94. The van der Waals surface area contributed by atoms with Crippen molar-refractivity contribution in [3.63, 3.8) is 0 Å². The third kappa shape index (κ3) is 5.15. The van der Waals surface area contributed by atoms with E-state index in [2.05, 4.69) is 22.5 Å². The second-order valence-electron chi connectivity index (χ2n) is 6.62. The Morgan fingerprint density at radius 1 is 1.24 bits per heavy atom. The van der Waals surface area contributed by atoms with Crippen LogP contribution in [0.2, 0.25) is 0 Å². The number of urea groups is 1. The Balaban J connectivity index is 1.61. The number of aliphatic hydroxyl groups excluding tert-OH is 1. The van der Waals surface area contributed by atoms with Crippen LogP contribution < -0.4 is 10.6 Å². The number of likely N-dealkylation sites (tertiary alicyclic amines) is 1. The van der Waals surface area contributed by atoms with Gasteiger partial charge < -0.3 is 20.6 Å². The molecule has 1 aliphatic carbocycles. The van der Waals surface area contributed by atoms with Gasteiger partial charge in [-0.15, -0.1) is 0 Å². The Morgan fingerprint density at radius 3 is 2.67 bits per heavy atom. The lowest BCUT2D eigenvalue weighted by Gasteiger charge is -2.31. The monoisotopic (exact) mass is 297 g/mol. The van der Waals surface area contributed by atoms with Crippen LogP contribution >= 0.6 is 0 Å². The molecule has 3 N–H and O–H groups in total. The summed E-state index contributed by atoms with van der Waals surface area (Å²) in [5.74, 6) is 0.856. The largest absolute Gasteiger partial charge is 0.396 e. The van der Waals surface area contributed by atoms with Gasteiger partial charge in [0.2, 0.25) is 0 Å². The summed E-state index contributed by atoms with van der Waals surface area (Å²) in [5, 5.41) is 15.3. The van der Waals surface area contributed by atoms with Crippen molar-refractivity contribution in [2.75, 3.05) is 32.8 Å². The molecule has 2 amide bonds. The van der Waals surface area contributed by atoms with Crippen molar-refractivity contribution in [2.45, 2.75) is 51.5 Å². The second kappa shape index (κ2) is 8.59. The van der Waals surface area contributed by atoms with Crippen LogP contribution in [0.15, 0.2) is 0 Å². The van der Waals surface area contributed by atoms with E-state index in [0.29, 0.717) is 5.92 Å². The number of amides is 2. The molecule has 0 spiro atoms. The van der Waals surface area contributed by atoms with E-state index in [0.717, 1.165) is 38.9 Å². The van der Waals surface area contributed by atoms with Gasteiger partial charge >= 0.3 is 6.03 Å². The first-order chi connectivity index (χ1) is 10.2. The molecular weight excluding hydrogens is 266 g/mol. The highest BCUT2D eigenvalue weighted by Gasteiger charge is 2.28. The maximum Gasteiger partial charge on any atom is 0.315 e. The minimum Gasteiger partial charge on any atom is -0.396 e. The van der Waals surface area contributed by atoms with Crippen molar-refractivity contribution in [1.29, 1.82) is 0 Å². The van der Waals surface area contributed by atoms with Gasteiger partial charge in [0, 0.05) is 25.1 Å². The molecule has 1 saturated heterocycles. The van der Waals surface area contributed by atoms with Gasteiger partial charge in [-0.2, -0.15) is 0 Å². The zero-order valence-electron chi connectivity index (χ0n) is 13.3. The van der Waals surface area contributed by atoms with E-state index < -0.39 is 0 Å². The lowest BCUT2D eigenvalue weighted by atomic mass is 9.97. The summed E-state index contributed by atoms with van der Waals surface area (Å²) in [6, 6.07) is 0.0951. The molecule has 5 nitrogen and oxygen atoms in total. The Kier molecular flexibility index (Phi) is 6.77. The summed E-state index contributed by atoms with van der Waals surface area (Å²) < 4.78 is 0. The van der Waals surface area contributed by atoms with Crippen molar-refractivity contribution in [3.8, 4) is 0 Å². The standard InChI is InChI=1S/C16H31N3O2/c1-2-8-19-9-6-13(7-10-19)11-17-16(21)18-15-5-3-4-14(15)12-20/h13-15,20H,2-12H2,1H3,(H2,17,18,21)/t14-,15-/m1/s1.